The second-order valence-corrected chi connectivity index (χ2v) is 9.28. The smallest absolute Gasteiger partial charge is 0.339 e. The zero-order valence-corrected chi connectivity index (χ0v) is 20.9. The van der Waals surface area contributed by atoms with Crippen molar-refractivity contribution in [3.8, 4) is 12.3 Å². The molecule has 1 aliphatic heterocycles. The highest BCUT2D eigenvalue weighted by Gasteiger charge is 2.23. The molecule has 5 rings (SSSR count). The van der Waals surface area contributed by atoms with Gasteiger partial charge < -0.3 is 15.4 Å². The Kier molecular flexibility index (Phi) is 7.62. The summed E-state index contributed by atoms with van der Waals surface area (Å²) in [4.78, 5) is 31.6. The number of hydrogen-bond donors (Lipinski definition) is 2. The molecule has 1 atom stereocenters. The molecule has 0 aliphatic carbocycles. The number of fused-ring (bicyclic) bond motifs is 1. The van der Waals surface area contributed by atoms with Crippen LogP contribution in [0.2, 0.25) is 0 Å². The molecular formula is C31H28N4O3. The molecule has 7 nitrogen and oxygen atoms in total. The summed E-state index contributed by atoms with van der Waals surface area (Å²) in [6.45, 7) is 2.60. The highest BCUT2D eigenvalue weighted by molar-refractivity contribution is 6.05. The van der Waals surface area contributed by atoms with E-state index in [1.807, 2.05) is 36.7 Å². The number of amides is 1. The van der Waals surface area contributed by atoms with Gasteiger partial charge in [-0.05, 0) is 54.4 Å². The number of rotatable bonds is 8. The second kappa shape index (κ2) is 11.6. The standard InChI is InChI=1S/C31H28N4O3/c1-2-16-38-31(37)24-8-4-7-23(18-24)30(36)34-26-10-3-6-22(17-26)20-35-15-13-27(21-35)33-29-11-5-9-25-19-32-14-12-28(25)29/h1,3-12,14,17-19,27,33H,13,15-16,20-21H2,(H,34,36). The molecular weight excluding hydrogens is 476 g/mol. The summed E-state index contributed by atoms with van der Waals surface area (Å²) in [5, 5.41) is 8.95. The lowest BCUT2D eigenvalue weighted by Gasteiger charge is -2.19. The lowest BCUT2D eigenvalue weighted by atomic mass is 10.1. The van der Waals surface area contributed by atoms with Gasteiger partial charge in [0.15, 0.2) is 6.61 Å². The molecule has 2 heterocycles. The van der Waals surface area contributed by atoms with Crippen LogP contribution >= 0.6 is 0 Å². The van der Waals surface area contributed by atoms with Gasteiger partial charge in [0, 0.05) is 65.8 Å². The monoisotopic (exact) mass is 504 g/mol. The van der Waals surface area contributed by atoms with E-state index in [9.17, 15) is 9.59 Å². The van der Waals surface area contributed by atoms with E-state index in [2.05, 4.69) is 50.7 Å². The van der Waals surface area contributed by atoms with Crippen LogP contribution in [0.25, 0.3) is 10.8 Å². The van der Waals surface area contributed by atoms with Crippen LogP contribution in [0.4, 0.5) is 11.4 Å². The highest BCUT2D eigenvalue weighted by Crippen LogP contribution is 2.25. The average molecular weight is 505 g/mol. The first kappa shape index (κ1) is 25.0. The number of hydrogen-bond acceptors (Lipinski definition) is 6. The Morgan fingerprint density at radius 3 is 2.79 bits per heavy atom. The van der Waals surface area contributed by atoms with E-state index in [1.165, 1.54) is 11.5 Å². The number of pyridine rings is 1. The molecule has 0 bridgehead atoms. The van der Waals surface area contributed by atoms with Gasteiger partial charge in [0.1, 0.15) is 0 Å². The third-order valence-corrected chi connectivity index (χ3v) is 6.55. The number of benzene rings is 3. The molecule has 1 saturated heterocycles. The minimum absolute atomic E-state index is 0.114. The number of anilines is 2. The summed E-state index contributed by atoms with van der Waals surface area (Å²) < 4.78 is 4.95. The van der Waals surface area contributed by atoms with E-state index in [0.29, 0.717) is 17.3 Å². The maximum absolute atomic E-state index is 12.9. The first-order valence-corrected chi connectivity index (χ1v) is 12.5. The summed E-state index contributed by atoms with van der Waals surface area (Å²) in [5.41, 5.74) is 3.59. The lowest BCUT2D eigenvalue weighted by molar-refractivity contribution is 0.0556. The molecule has 1 fully saturated rings. The summed E-state index contributed by atoms with van der Waals surface area (Å²) >= 11 is 0. The minimum atomic E-state index is -0.560. The van der Waals surface area contributed by atoms with Crippen molar-refractivity contribution >= 4 is 34.0 Å². The van der Waals surface area contributed by atoms with Crippen molar-refractivity contribution in [3.05, 3.63) is 102 Å². The van der Waals surface area contributed by atoms with Gasteiger partial charge in [0.25, 0.3) is 5.91 Å². The van der Waals surface area contributed by atoms with Gasteiger partial charge in [0.05, 0.1) is 5.56 Å². The van der Waals surface area contributed by atoms with Crippen LogP contribution in [0.1, 0.15) is 32.7 Å². The number of nitrogens with one attached hydrogen (secondary N) is 2. The number of likely N-dealkylation sites (tertiary alicyclic amines) is 1. The SMILES string of the molecule is C#CCOC(=O)c1cccc(C(=O)Nc2cccc(CN3CCC(Nc4cccc5cnccc45)C3)c2)c1. The largest absolute Gasteiger partial charge is 0.449 e. The molecule has 7 heteroatoms. The maximum atomic E-state index is 12.9. The molecule has 190 valence electrons. The third kappa shape index (κ3) is 6.00. The Balaban J connectivity index is 1.18. The predicted molar refractivity (Wildman–Crippen MR) is 149 cm³/mol. The van der Waals surface area contributed by atoms with E-state index >= 15 is 0 Å². The van der Waals surface area contributed by atoms with Crippen molar-refractivity contribution in [2.24, 2.45) is 0 Å². The van der Waals surface area contributed by atoms with Crippen molar-refractivity contribution in [2.75, 3.05) is 30.3 Å². The molecule has 1 aromatic heterocycles. The van der Waals surface area contributed by atoms with Crippen LogP contribution in [-0.2, 0) is 11.3 Å². The van der Waals surface area contributed by atoms with Crippen LogP contribution in [0, 0.1) is 12.3 Å². The number of esters is 1. The van der Waals surface area contributed by atoms with Gasteiger partial charge in [-0.25, -0.2) is 4.79 Å². The average Bonchev–Trinajstić information content (AvgIpc) is 3.38. The molecule has 0 spiro atoms. The van der Waals surface area contributed by atoms with E-state index in [4.69, 9.17) is 11.2 Å². The number of aromatic nitrogens is 1. The number of nitrogens with zero attached hydrogens (tertiary/aromatic N) is 2. The first-order chi connectivity index (χ1) is 18.6. The molecule has 4 aromatic rings. The van der Waals surface area contributed by atoms with E-state index in [0.717, 1.165) is 42.7 Å². The molecule has 0 saturated carbocycles. The minimum Gasteiger partial charge on any atom is -0.449 e. The van der Waals surface area contributed by atoms with Gasteiger partial charge in [-0.1, -0.05) is 36.3 Å². The van der Waals surface area contributed by atoms with Crippen LogP contribution in [0.3, 0.4) is 0 Å². The van der Waals surface area contributed by atoms with Crippen LogP contribution < -0.4 is 10.6 Å². The Morgan fingerprint density at radius 1 is 1.05 bits per heavy atom. The van der Waals surface area contributed by atoms with Gasteiger partial charge >= 0.3 is 5.97 Å². The Hall–Kier alpha value is -4.67. The normalized spacial score (nSPS) is 15.1. The zero-order valence-electron chi connectivity index (χ0n) is 20.9. The van der Waals surface area contributed by atoms with E-state index in [-0.39, 0.29) is 18.1 Å². The quantitative estimate of drug-likeness (QED) is 0.261. The van der Waals surface area contributed by atoms with Gasteiger partial charge in [-0.15, -0.1) is 6.42 Å². The number of carbonyl (C=O) groups excluding carboxylic acids is 2. The van der Waals surface area contributed by atoms with Gasteiger partial charge in [0.2, 0.25) is 0 Å². The summed E-state index contributed by atoms with van der Waals surface area (Å²) in [7, 11) is 0. The zero-order chi connectivity index (χ0) is 26.3. The topological polar surface area (TPSA) is 83.6 Å². The molecule has 2 N–H and O–H groups in total. The summed E-state index contributed by atoms with van der Waals surface area (Å²) in [5.74, 6) is 1.40. The number of terminal acetylenes is 1. The van der Waals surface area contributed by atoms with Gasteiger partial charge in [-0.2, -0.15) is 0 Å². The number of ether oxygens (including phenoxy) is 1. The fourth-order valence-electron chi connectivity index (χ4n) is 4.75. The Morgan fingerprint density at radius 2 is 1.89 bits per heavy atom. The van der Waals surface area contributed by atoms with Crippen LogP contribution in [-0.4, -0.2) is 47.5 Å². The Bertz CT molecular complexity index is 1510. The van der Waals surface area contributed by atoms with Crippen LogP contribution in [0.15, 0.2) is 85.2 Å². The van der Waals surface area contributed by atoms with Crippen molar-refractivity contribution in [1.29, 1.82) is 0 Å². The van der Waals surface area contributed by atoms with Crippen molar-refractivity contribution in [2.45, 2.75) is 19.0 Å². The molecule has 0 radical (unpaired) electrons. The molecule has 3 aromatic carbocycles. The Labute approximate surface area is 221 Å². The molecule has 1 amide bonds. The summed E-state index contributed by atoms with van der Waals surface area (Å²) in [6.07, 6.45) is 9.91. The van der Waals surface area contributed by atoms with E-state index < -0.39 is 5.97 Å². The van der Waals surface area contributed by atoms with Crippen molar-refractivity contribution < 1.29 is 14.3 Å². The molecule has 38 heavy (non-hydrogen) atoms. The van der Waals surface area contributed by atoms with E-state index in [1.54, 1.807) is 18.2 Å². The summed E-state index contributed by atoms with van der Waals surface area (Å²) in [6, 6.07) is 22.9. The first-order valence-electron chi connectivity index (χ1n) is 12.5. The predicted octanol–water partition coefficient (Wildman–Crippen LogP) is 4.96. The molecule has 1 unspecified atom stereocenters. The third-order valence-electron chi connectivity index (χ3n) is 6.55. The second-order valence-electron chi connectivity index (χ2n) is 9.28. The number of carbonyl (C=O) groups is 2. The van der Waals surface area contributed by atoms with Crippen LogP contribution in [0.5, 0.6) is 0 Å². The maximum Gasteiger partial charge on any atom is 0.339 e. The van der Waals surface area contributed by atoms with Gasteiger partial charge in [-0.3, -0.25) is 14.7 Å². The molecule has 1 aliphatic rings. The van der Waals surface area contributed by atoms with Crippen molar-refractivity contribution in [1.82, 2.24) is 9.88 Å². The van der Waals surface area contributed by atoms with Crippen molar-refractivity contribution in [3.63, 3.8) is 0 Å². The lowest BCUT2D eigenvalue weighted by Crippen LogP contribution is -2.26. The highest BCUT2D eigenvalue weighted by atomic mass is 16.5. The fourth-order valence-corrected chi connectivity index (χ4v) is 4.75. The fraction of sp³-hybridized carbons (Fsp3) is 0.194.